The summed E-state index contributed by atoms with van der Waals surface area (Å²) in [7, 11) is 1.59. The van der Waals surface area contributed by atoms with Gasteiger partial charge in [0.2, 0.25) is 0 Å². The minimum atomic E-state index is -0.638. The van der Waals surface area contributed by atoms with Crippen molar-refractivity contribution in [2.45, 2.75) is 39.2 Å². The maximum Gasteiger partial charge on any atom is 0.318 e. The first kappa shape index (κ1) is 25.4. The van der Waals surface area contributed by atoms with Gasteiger partial charge in [-0.2, -0.15) is 0 Å². The summed E-state index contributed by atoms with van der Waals surface area (Å²) in [5.74, 6) is -1.07. The second kappa shape index (κ2) is 11.6. The van der Waals surface area contributed by atoms with Gasteiger partial charge in [-0.15, -0.1) is 0 Å². The van der Waals surface area contributed by atoms with Gasteiger partial charge in [-0.1, -0.05) is 24.3 Å². The predicted octanol–water partition coefficient (Wildman–Crippen LogP) is 2.88. The summed E-state index contributed by atoms with van der Waals surface area (Å²) in [4.78, 5) is 25.2. The van der Waals surface area contributed by atoms with Gasteiger partial charge in [0, 0.05) is 13.1 Å². The van der Waals surface area contributed by atoms with Crippen molar-refractivity contribution >= 4 is 11.9 Å². The van der Waals surface area contributed by atoms with Gasteiger partial charge in [0.15, 0.2) is 0 Å². The van der Waals surface area contributed by atoms with Crippen molar-refractivity contribution in [2.75, 3.05) is 20.2 Å². The molecule has 32 heavy (non-hydrogen) atoms. The van der Waals surface area contributed by atoms with Gasteiger partial charge in [-0.25, -0.2) is 0 Å². The molecule has 2 aromatic rings. The Balaban J connectivity index is 1.95. The Hall–Kier alpha value is -2.90. The lowest BCUT2D eigenvalue weighted by Gasteiger charge is -2.21. The first-order valence-electron chi connectivity index (χ1n) is 10.7. The van der Waals surface area contributed by atoms with E-state index in [9.17, 15) is 9.59 Å². The van der Waals surface area contributed by atoms with Crippen LogP contribution in [0, 0.1) is 11.8 Å². The summed E-state index contributed by atoms with van der Waals surface area (Å²) < 4.78 is 16.1. The van der Waals surface area contributed by atoms with Crippen molar-refractivity contribution < 1.29 is 23.8 Å². The molecule has 0 aromatic heterocycles. The molecule has 0 aliphatic heterocycles. The number of ether oxygens (including phenoxy) is 3. The van der Waals surface area contributed by atoms with Crippen molar-refractivity contribution in [3.8, 4) is 11.5 Å². The molecule has 4 N–H and O–H groups in total. The van der Waals surface area contributed by atoms with E-state index in [1.54, 1.807) is 7.11 Å². The topological polar surface area (TPSA) is 114 Å². The fraction of sp³-hybridized carbons (Fsp3) is 0.440. The van der Waals surface area contributed by atoms with Crippen LogP contribution in [0.5, 0.6) is 11.5 Å². The third-order valence-corrected chi connectivity index (χ3v) is 4.91. The Kier molecular flexibility index (Phi) is 9.23. The molecule has 0 heterocycles. The van der Waals surface area contributed by atoms with Crippen LogP contribution in [-0.4, -0.2) is 37.7 Å². The van der Waals surface area contributed by atoms with E-state index in [2.05, 4.69) is 0 Å². The predicted molar refractivity (Wildman–Crippen MR) is 123 cm³/mol. The monoisotopic (exact) mass is 442 g/mol. The van der Waals surface area contributed by atoms with Gasteiger partial charge in [-0.05, 0) is 69.0 Å². The molecule has 0 fully saturated rings. The molecule has 0 saturated carbocycles. The molecule has 0 aliphatic rings. The number of methoxy groups -OCH3 is 1. The van der Waals surface area contributed by atoms with Crippen LogP contribution in [0.1, 0.15) is 31.9 Å². The van der Waals surface area contributed by atoms with Gasteiger partial charge in [-0.3, -0.25) is 9.59 Å². The highest BCUT2D eigenvalue weighted by atomic mass is 16.6. The summed E-state index contributed by atoms with van der Waals surface area (Å²) in [6.07, 6.45) is 0.735. The van der Waals surface area contributed by atoms with Crippen LogP contribution in [0.4, 0.5) is 0 Å². The number of carbonyl (C=O) groups excluding carboxylic acids is 2. The lowest BCUT2D eigenvalue weighted by Crippen LogP contribution is -2.34. The molecular formula is C25H34N2O5. The molecule has 2 atom stereocenters. The van der Waals surface area contributed by atoms with E-state index in [1.807, 2.05) is 69.3 Å². The van der Waals surface area contributed by atoms with E-state index in [-0.39, 0.29) is 18.7 Å². The average Bonchev–Trinajstić information content (AvgIpc) is 2.76. The Morgan fingerprint density at radius 3 is 1.53 bits per heavy atom. The van der Waals surface area contributed by atoms with Crippen molar-refractivity contribution in [3.63, 3.8) is 0 Å². The number of hydrogen-bond acceptors (Lipinski definition) is 7. The first-order valence-corrected chi connectivity index (χ1v) is 10.7. The second-order valence-electron chi connectivity index (χ2n) is 8.72. The highest BCUT2D eigenvalue weighted by Crippen LogP contribution is 2.21. The van der Waals surface area contributed by atoms with E-state index in [0.717, 1.165) is 22.6 Å². The van der Waals surface area contributed by atoms with E-state index < -0.39 is 23.8 Å². The number of benzene rings is 2. The molecule has 0 aliphatic carbocycles. The molecule has 2 unspecified atom stereocenters. The highest BCUT2D eigenvalue weighted by molar-refractivity contribution is 5.88. The maximum absolute atomic E-state index is 12.6. The fourth-order valence-electron chi connectivity index (χ4n) is 3.17. The lowest BCUT2D eigenvalue weighted by atomic mass is 9.98. The second-order valence-corrected chi connectivity index (χ2v) is 8.72. The zero-order valence-electron chi connectivity index (χ0n) is 19.3. The summed E-state index contributed by atoms with van der Waals surface area (Å²) in [5.41, 5.74) is 13.1. The normalized spacial score (nSPS) is 13.2. The third kappa shape index (κ3) is 7.98. The summed E-state index contributed by atoms with van der Waals surface area (Å²) >= 11 is 0. The zero-order valence-corrected chi connectivity index (χ0v) is 19.3. The van der Waals surface area contributed by atoms with Crippen molar-refractivity contribution in [2.24, 2.45) is 23.3 Å². The van der Waals surface area contributed by atoms with Crippen molar-refractivity contribution in [3.05, 3.63) is 59.7 Å². The van der Waals surface area contributed by atoms with Gasteiger partial charge in [0.25, 0.3) is 0 Å². The Morgan fingerprint density at radius 2 is 1.19 bits per heavy atom. The smallest absolute Gasteiger partial charge is 0.318 e. The van der Waals surface area contributed by atoms with Crippen LogP contribution < -0.4 is 20.9 Å². The molecule has 174 valence electrons. The van der Waals surface area contributed by atoms with Crippen LogP contribution in [0.25, 0.3) is 0 Å². The lowest BCUT2D eigenvalue weighted by molar-refractivity contribution is -0.165. The van der Waals surface area contributed by atoms with Gasteiger partial charge in [0.05, 0.1) is 18.9 Å². The third-order valence-electron chi connectivity index (χ3n) is 4.91. The van der Waals surface area contributed by atoms with Crippen LogP contribution in [0.15, 0.2) is 48.5 Å². The number of esters is 2. The van der Waals surface area contributed by atoms with E-state index in [1.165, 1.54) is 0 Å². The number of hydrogen-bond donors (Lipinski definition) is 2. The van der Waals surface area contributed by atoms with Crippen LogP contribution >= 0.6 is 0 Å². The molecule has 0 amide bonds. The summed E-state index contributed by atoms with van der Waals surface area (Å²) in [6, 6.07) is 14.8. The minimum Gasteiger partial charge on any atom is -0.497 e. The molecule has 0 saturated heterocycles. The minimum absolute atomic E-state index is 0.0676. The van der Waals surface area contributed by atoms with E-state index >= 15 is 0 Å². The zero-order chi connectivity index (χ0) is 23.7. The van der Waals surface area contributed by atoms with Crippen LogP contribution in [0.2, 0.25) is 0 Å². The van der Waals surface area contributed by atoms with Crippen molar-refractivity contribution in [1.82, 2.24) is 0 Å². The molecule has 2 aromatic carbocycles. The van der Waals surface area contributed by atoms with E-state index in [4.69, 9.17) is 25.7 Å². The number of rotatable bonds is 10. The van der Waals surface area contributed by atoms with Crippen LogP contribution in [-0.2, 0) is 27.2 Å². The standard InChI is InChI=1S/C25H34N2O5/c1-25(2,3)32-22-11-7-18(8-12-22)14-20(16-27)24(29)31-23(28)19(15-26)13-17-5-9-21(30-4)10-6-17/h5-12,19-20H,13-16,26-27H2,1-4H3. The largest absolute Gasteiger partial charge is 0.497 e. The number of nitrogens with two attached hydrogens (primary N) is 2. The van der Waals surface area contributed by atoms with E-state index in [0.29, 0.717) is 12.8 Å². The van der Waals surface area contributed by atoms with Crippen LogP contribution in [0.3, 0.4) is 0 Å². The molecule has 2 rings (SSSR count). The average molecular weight is 443 g/mol. The van der Waals surface area contributed by atoms with Gasteiger partial charge >= 0.3 is 11.9 Å². The number of carbonyl (C=O) groups is 2. The molecule has 7 nitrogen and oxygen atoms in total. The Morgan fingerprint density at radius 1 is 0.781 bits per heavy atom. The Bertz CT molecular complexity index is 873. The Labute approximate surface area is 190 Å². The van der Waals surface area contributed by atoms with Gasteiger partial charge < -0.3 is 25.7 Å². The maximum atomic E-state index is 12.6. The highest BCUT2D eigenvalue weighted by Gasteiger charge is 2.26. The first-order chi connectivity index (χ1) is 15.1. The van der Waals surface area contributed by atoms with Crippen molar-refractivity contribution in [1.29, 1.82) is 0 Å². The molecule has 7 heteroatoms. The van der Waals surface area contributed by atoms with Gasteiger partial charge in [0.1, 0.15) is 17.1 Å². The molecule has 0 spiro atoms. The quantitative estimate of drug-likeness (QED) is 0.429. The summed E-state index contributed by atoms with van der Waals surface area (Å²) in [5, 5.41) is 0. The SMILES string of the molecule is COc1ccc(CC(CN)C(=O)OC(=O)C(CN)Cc2ccc(OC(C)(C)C)cc2)cc1. The molecule has 0 radical (unpaired) electrons. The molecule has 0 bridgehead atoms. The molecular weight excluding hydrogens is 408 g/mol. The summed E-state index contributed by atoms with van der Waals surface area (Å²) in [6.45, 7) is 6.06. The fourth-order valence-corrected chi connectivity index (χ4v) is 3.17.